The Morgan fingerprint density at radius 1 is 1.21 bits per heavy atom. The minimum atomic E-state index is 0.311. The molecule has 0 heterocycles. The Kier molecular flexibility index (Phi) is 1.61. The van der Waals surface area contributed by atoms with Gasteiger partial charge >= 0.3 is 0 Å². The third-order valence-electron chi connectivity index (χ3n) is 3.87. The van der Waals surface area contributed by atoms with Crippen LogP contribution in [0.2, 0.25) is 0 Å². The van der Waals surface area contributed by atoms with Crippen LogP contribution in [0.4, 0.5) is 0 Å². The van der Waals surface area contributed by atoms with Crippen LogP contribution in [0.5, 0.6) is 0 Å². The molecule has 74 valence electrons. The predicted octanol–water partition coefficient (Wildman–Crippen LogP) is 2.06. The third kappa shape index (κ3) is 0.941. The van der Waals surface area contributed by atoms with Crippen LogP contribution in [-0.4, -0.2) is 5.78 Å². The summed E-state index contributed by atoms with van der Waals surface area (Å²) in [7, 11) is 0. The lowest BCUT2D eigenvalue weighted by Gasteiger charge is -2.22. The first-order valence-electron chi connectivity index (χ1n) is 5.51. The van der Waals surface area contributed by atoms with Crippen LogP contribution in [0.15, 0.2) is 22.4 Å². The molecule has 3 aliphatic carbocycles. The van der Waals surface area contributed by atoms with Gasteiger partial charge in [0, 0.05) is 17.7 Å². The van der Waals surface area contributed by atoms with Gasteiger partial charge in [-0.2, -0.15) is 0 Å². The molecule has 0 aromatic carbocycles. The van der Waals surface area contributed by atoms with Crippen LogP contribution in [-0.2, 0) is 4.79 Å². The zero-order chi connectivity index (χ0) is 9.71. The van der Waals surface area contributed by atoms with E-state index < -0.39 is 0 Å². The Hall–Kier alpha value is -1.05. The van der Waals surface area contributed by atoms with E-state index in [2.05, 4.69) is 0 Å². The van der Waals surface area contributed by atoms with Gasteiger partial charge in [-0.25, -0.2) is 0 Å². The lowest BCUT2D eigenvalue weighted by atomic mass is 9.84. The minimum absolute atomic E-state index is 0.311. The van der Waals surface area contributed by atoms with E-state index >= 15 is 0 Å². The first-order chi connectivity index (χ1) is 6.77. The fraction of sp³-hybridized carbons (Fsp3) is 0.583. The van der Waals surface area contributed by atoms with Gasteiger partial charge in [0.1, 0.15) is 0 Å². The summed E-state index contributed by atoms with van der Waals surface area (Å²) in [6.07, 6.45) is 6.43. The van der Waals surface area contributed by atoms with Crippen molar-refractivity contribution in [1.82, 2.24) is 0 Å². The molecule has 2 nitrogen and oxygen atoms in total. The van der Waals surface area contributed by atoms with Crippen LogP contribution in [0, 0.1) is 5.92 Å². The van der Waals surface area contributed by atoms with E-state index in [1.165, 1.54) is 18.4 Å². The molecule has 3 rings (SSSR count). The van der Waals surface area contributed by atoms with E-state index in [0.29, 0.717) is 11.7 Å². The average molecular weight is 189 g/mol. The summed E-state index contributed by atoms with van der Waals surface area (Å²) < 4.78 is 0. The average Bonchev–Trinajstić information content (AvgIpc) is 2.74. The number of hydrogen-bond donors (Lipinski definition) is 1. The molecule has 1 atom stereocenters. The van der Waals surface area contributed by atoms with E-state index in [-0.39, 0.29) is 0 Å². The first kappa shape index (κ1) is 8.27. The highest BCUT2D eigenvalue weighted by atomic mass is 16.1. The molecule has 0 aliphatic heterocycles. The monoisotopic (exact) mass is 189 g/mol. The van der Waals surface area contributed by atoms with Crippen LogP contribution in [0.3, 0.4) is 0 Å². The minimum Gasteiger partial charge on any atom is -0.398 e. The second kappa shape index (κ2) is 2.72. The predicted molar refractivity (Wildman–Crippen MR) is 54.4 cm³/mol. The maximum absolute atomic E-state index is 11.6. The highest BCUT2D eigenvalue weighted by Crippen LogP contribution is 2.45. The maximum atomic E-state index is 11.6. The summed E-state index contributed by atoms with van der Waals surface area (Å²) in [5.74, 6) is 0.783. The third-order valence-corrected chi connectivity index (χ3v) is 3.87. The smallest absolute Gasteiger partial charge is 0.161 e. The maximum Gasteiger partial charge on any atom is 0.161 e. The fourth-order valence-electron chi connectivity index (χ4n) is 3.20. The number of ketones is 1. The van der Waals surface area contributed by atoms with Crippen molar-refractivity contribution in [1.29, 1.82) is 0 Å². The SMILES string of the molecule is NC1=C2C(=O)CCC2CC2=C1CCC2. The first-order valence-corrected chi connectivity index (χ1v) is 5.51. The molecule has 0 spiro atoms. The van der Waals surface area contributed by atoms with Crippen molar-refractivity contribution >= 4 is 5.78 Å². The topological polar surface area (TPSA) is 43.1 Å². The molecular formula is C12H15NO. The molecule has 0 amide bonds. The molecule has 1 unspecified atom stereocenters. The van der Waals surface area contributed by atoms with Crippen molar-refractivity contribution in [2.45, 2.75) is 38.5 Å². The van der Waals surface area contributed by atoms with Gasteiger partial charge in [0.2, 0.25) is 0 Å². The molecule has 0 radical (unpaired) electrons. The standard InChI is InChI=1S/C12H15NO/c13-12-9-3-1-2-7(9)6-8-4-5-10(14)11(8)12/h8H,1-6,13H2. The van der Waals surface area contributed by atoms with Crippen molar-refractivity contribution in [2.75, 3.05) is 0 Å². The molecule has 0 aromatic heterocycles. The number of carbonyl (C=O) groups excluding carboxylic acids is 1. The van der Waals surface area contributed by atoms with Crippen molar-refractivity contribution < 1.29 is 4.79 Å². The molecule has 1 fully saturated rings. The van der Waals surface area contributed by atoms with E-state index in [9.17, 15) is 4.79 Å². The number of rotatable bonds is 0. The van der Waals surface area contributed by atoms with Crippen LogP contribution >= 0.6 is 0 Å². The van der Waals surface area contributed by atoms with Crippen molar-refractivity contribution in [3.8, 4) is 0 Å². The largest absolute Gasteiger partial charge is 0.398 e. The fourth-order valence-corrected chi connectivity index (χ4v) is 3.20. The Labute approximate surface area is 83.9 Å². The molecular weight excluding hydrogens is 174 g/mol. The molecule has 14 heavy (non-hydrogen) atoms. The molecule has 0 aromatic rings. The van der Waals surface area contributed by atoms with E-state index in [1.807, 2.05) is 0 Å². The summed E-state index contributed by atoms with van der Waals surface area (Å²) in [6.45, 7) is 0. The van der Waals surface area contributed by atoms with E-state index in [0.717, 1.165) is 37.0 Å². The number of allylic oxidation sites excluding steroid dienone is 3. The Morgan fingerprint density at radius 2 is 2.07 bits per heavy atom. The second-order valence-corrected chi connectivity index (χ2v) is 4.63. The van der Waals surface area contributed by atoms with Gasteiger partial charge in [-0.3, -0.25) is 4.79 Å². The highest BCUT2D eigenvalue weighted by Gasteiger charge is 2.37. The summed E-state index contributed by atoms with van der Waals surface area (Å²) in [5.41, 5.74) is 10.8. The van der Waals surface area contributed by atoms with Gasteiger partial charge in [-0.05, 0) is 43.6 Å². The molecule has 1 saturated carbocycles. The van der Waals surface area contributed by atoms with Gasteiger partial charge in [-0.1, -0.05) is 5.57 Å². The Morgan fingerprint density at radius 3 is 2.93 bits per heavy atom. The van der Waals surface area contributed by atoms with Crippen molar-refractivity contribution in [2.24, 2.45) is 11.7 Å². The summed E-state index contributed by atoms with van der Waals surface area (Å²) in [6, 6.07) is 0. The van der Waals surface area contributed by atoms with Crippen LogP contribution in [0.1, 0.15) is 38.5 Å². The number of nitrogens with two attached hydrogens (primary N) is 1. The second-order valence-electron chi connectivity index (χ2n) is 4.63. The van der Waals surface area contributed by atoms with Gasteiger partial charge in [0.15, 0.2) is 5.78 Å². The van der Waals surface area contributed by atoms with Gasteiger partial charge in [0.25, 0.3) is 0 Å². The number of fused-ring (bicyclic) bond motifs is 1. The van der Waals surface area contributed by atoms with Gasteiger partial charge < -0.3 is 5.73 Å². The summed E-state index contributed by atoms with van der Waals surface area (Å²) >= 11 is 0. The van der Waals surface area contributed by atoms with E-state index in [4.69, 9.17) is 5.73 Å². The van der Waals surface area contributed by atoms with Gasteiger partial charge in [0.05, 0.1) is 0 Å². The molecule has 2 N–H and O–H groups in total. The molecule has 0 saturated heterocycles. The van der Waals surface area contributed by atoms with Crippen molar-refractivity contribution in [3.63, 3.8) is 0 Å². The lowest BCUT2D eigenvalue weighted by molar-refractivity contribution is -0.114. The van der Waals surface area contributed by atoms with E-state index in [1.54, 1.807) is 5.57 Å². The Bertz CT molecular complexity index is 376. The summed E-state index contributed by atoms with van der Waals surface area (Å²) in [5, 5.41) is 0. The lowest BCUT2D eigenvalue weighted by Crippen LogP contribution is -2.18. The normalized spacial score (nSPS) is 31.1. The van der Waals surface area contributed by atoms with Crippen LogP contribution < -0.4 is 5.73 Å². The van der Waals surface area contributed by atoms with Crippen LogP contribution in [0.25, 0.3) is 0 Å². The molecule has 0 bridgehead atoms. The molecule has 2 heteroatoms. The zero-order valence-electron chi connectivity index (χ0n) is 8.31. The molecule has 3 aliphatic rings. The van der Waals surface area contributed by atoms with Gasteiger partial charge in [-0.15, -0.1) is 0 Å². The number of carbonyl (C=O) groups is 1. The Balaban J connectivity index is 2.11. The van der Waals surface area contributed by atoms with Crippen molar-refractivity contribution in [3.05, 3.63) is 22.4 Å². The summed E-state index contributed by atoms with van der Waals surface area (Å²) in [4.78, 5) is 11.6. The highest BCUT2D eigenvalue weighted by molar-refractivity contribution is 5.99. The zero-order valence-corrected chi connectivity index (χ0v) is 8.31. The number of Topliss-reactive ketones (excluding diaryl/α,β-unsaturated/α-hetero) is 1. The quantitative estimate of drug-likeness (QED) is 0.634. The number of hydrogen-bond acceptors (Lipinski definition) is 2.